The molecule has 1 aromatic heterocycles. The molecule has 1 aromatic carbocycles. The van der Waals surface area contributed by atoms with E-state index in [-0.39, 0.29) is 0 Å². The molecule has 102 valence electrons. The molecule has 5 heteroatoms. The number of thiazole rings is 1. The molecule has 2 aromatic rings. The fraction of sp³-hybridized carbons (Fsp3) is 0.357. The smallest absolute Gasteiger partial charge is 0.185 e. The summed E-state index contributed by atoms with van der Waals surface area (Å²) in [4.78, 5) is 7.71. The first kappa shape index (κ1) is 13.7. The van der Waals surface area contributed by atoms with Crippen molar-refractivity contribution in [1.29, 1.82) is 0 Å². The quantitative estimate of drug-likeness (QED) is 0.841. The molecule has 0 aliphatic carbocycles. The number of nitrogens with zero attached hydrogens (tertiary/aromatic N) is 2. The molecule has 0 bridgehead atoms. The van der Waals surface area contributed by atoms with E-state index in [1.165, 1.54) is 4.88 Å². The summed E-state index contributed by atoms with van der Waals surface area (Å²) in [6.45, 7) is 2.82. The van der Waals surface area contributed by atoms with E-state index < -0.39 is 0 Å². The van der Waals surface area contributed by atoms with Crippen molar-refractivity contribution in [3.05, 3.63) is 34.8 Å². The van der Waals surface area contributed by atoms with Crippen molar-refractivity contribution in [2.24, 2.45) is 0 Å². The molecular formula is C14H18N2O2S. The van der Waals surface area contributed by atoms with Crippen molar-refractivity contribution in [1.82, 2.24) is 4.98 Å². The van der Waals surface area contributed by atoms with Crippen LogP contribution in [0.2, 0.25) is 0 Å². The van der Waals surface area contributed by atoms with E-state index in [1.807, 2.05) is 31.4 Å². The molecule has 0 saturated heterocycles. The summed E-state index contributed by atoms with van der Waals surface area (Å²) in [6.07, 6.45) is 1.89. The van der Waals surface area contributed by atoms with Crippen molar-refractivity contribution in [2.45, 2.75) is 13.5 Å². The number of aromatic nitrogens is 1. The molecule has 19 heavy (non-hydrogen) atoms. The van der Waals surface area contributed by atoms with Crippen molar-refractivity contribution < 1.29 is 9.47 Å². The van der Waals surface area contributed by atoms with Gasteiger partial charge in [-0.3, -0.25) is 0 Å². The normalized spacial score (nSPS) is 10.3. The van der Waals surface area contributed by atoms with Gasteiger partial charge in [-0.05, 0) is 24.6 Å². The average molecular weight is 278 g/mol. The summed E-state index contributed by atoms with van der Waals surface area (Å²) < 4.78 is 10.6. The Morgan fingerprint density at radius 2 is 1.79 bits per heavy atom. The average Bonchev–Trinajstić information content (AvgIpc) is 2.85. The lowest BCUT2D eigenvalue weighted by Gasteiger charge is -2.17. The molecule has 0 aliphatic heterocycles. The minimum Gasteiger partial charge on any atom is -0.497 e. The molecule has 4 nitrogen and oxygen atoms in total. The lowest BCUT2D eigenvalue weighted by Crippen LogP contribution is -2.16. The number of hydrogen-bond acceptors (Lipinski definition) is 5. The molecule has 0 aliphatic rings. The summed E-state index contributed by atoms with van der Waals surface area (Å²) in [5.41, 5.74) is 1.13. The second-order valence-corrected chi connectivity index (χ2v) is 5.54. The van der Waals surface area contributed by atoms with Crippen LogP contribution in [0.5, 0.6) is 11.5 Å². The first-order chi connectivity index (χ1) is 9.12. The predicted molar refractivity (Wildman–Crippen MR) is 78.5 cm³/mol. The number of benzene rings is 1. The maximum absolute atomic E-state index is 5.28. The topological polar surface area (TPSA) is 34.6 Å². The van der Waals surface area contributed by atoms with Crippen molar-refractivity contribution in [2.75, 3.05) is 26.2 Å². The Balaban J connectivity index is 2.18. The van der Waals surface area contributed by atoms with Crippen LogP contribution in [0.3, 0.4) is 0 Å². The van der Waals surface area contributed by atoms with E-state index >= 15 is 0 Å². The molecule has 0 fully saturated rings. The Kier molecular flexibility index (Phi) is 4.27. The Bertz CT molecular complexity index is 532. The number of anilines is 1. The molecule has 0 spiro atoms. The van der Waals surface area contributed by atoms with E-state index in [0.717, 1.165) is 28.7 Å². The van der Waals surface area contributed by atoms with Crippen LogP contribution in [-0.2, 0) is 6.54 Å². The third kappa shape index (κ3) is 3.38. The van der Waals surface area contributed by atoms with Gasteiger partial charge in [-0.1, -0.05) is 0 Å². The molecule has 0 atom stereocenters. The molecule has 1 heterocycles. The summed E-state index contributed by atoms with van der Waals surface area (Å²) in [5.74, 6) is 1.61. The summed E-state index contributed by atoms with van der Waals surface area (Å²) in [5, 5.41) is 1.01. The number of hydrogen-bond donors (Lipinski definition) is 0. The van der Waals surface area contributed by atoms with Crippen LogP contribution < -0.4 is 14.4 Å². The van der Waals surface area contributed by atoms with Crippen LogP contribution in [-0.4, -0.2) is 26.3 Å². The van der Waals surface area contributed by atoms with Gasteiger partial charge in [-0.2, -0.15) is 0 Å². The highest BCUT2D eigenvalue weighted by Crippen LogP contribution is 2.26. The molecule has 0 saturated carbocycles. The second kappa shape index (κ2) is 5.93. The van der Waals surface area contributed by atoms with Crippen LogP contribution in [0, 0.1) is 6.92 Å². The maximum Gasteiger partial charge on any atom is 0.185 e. The summed E-state index contributed by atoms with van der Waals surface area (Å²) in [6, 6.07) is 5.90. The second-order valence-electron chi connectivity index (χ2n) is 4.33. The Morgan fingerprint density at radius 1 is 1.16 bits per heavy atom. The molecule has 0 radical (unpaired) electrons. The van der Waals surface area contributed by atoms with Crippen LogP contribution >= 0.6 is 11.3 Å². The van der Waals surface area contributed by atoms with E-state index in [4.69, 9.17) is 9.47 Å². The lowest BCUT2D eigenvalue weighted by molar-refractivity contribution is 0.393. The first-order valence-corrected chi connectivity index (χ1v) is 6.79. The fourth-order valence-corrected chi connectivity index (χ4v) is 2.54. The zero-order chi connectivity index (χ0) is 13.8. The van der Waals surface area contributed by atoms with E-state index in [9.17, 15) is 0 Å². The van der Waals surface area contributed by atoms with Crippen molar-refractivity contribution >= 4 is 16.5 Å². The van der Waals surface area contributed by atoms with Crippen LogP contribution in [0.15, 0.2) is 24.4 Å². The van der Waals surface area contributed by atoms with Gasteiger partial charge in [0.25, 0.3) is 0 Å². The highest BCUT2D eigenvalue weighted by Gasteiger charge is 2.08. The molecule has 2 rings (SSSR count). The van der Waals surface area contributed by atoms with Gasteiger partial charge in [0.2, 0.25) is 0 Å². The third-order valence-corrected chi connectivity index (χ3v) is 3.79. The molecule has 0 unspecified atom stereocenters. The van der Waals surface area contributed by atoms with E-state index in [0.29, 0.717) is 0 Å². The van der Waals surface area contributed by atoms with Gasteiger partial charge >= 0.3 is 0 Å². The largest absolute Gasteiger partial charge is 0.497 e. The van der Waals surface area contributed by atoms with Gasteiger partial charge < -0.3 is 14.4 Å². The standard InChI is InChI=1S/C14H18N2O2S/c1-10-8-15-14(19-10)16(2)9-11-5-12(17-3)7-13(6-11)18-4/h5-8H,9H2,1-4H3. The van der Waals surface area contributed by atoms with Crippen molar-refractivity contribution in [3.63, 3.8) is 0 Å². The third-order valence-electron chi connectivity index (χ3n) is 2.77. The Labute approximate surface area is 117 Å². The van der Waals surface area contributed by atoms with E-state index in [1.54, 1.807) is 25.6 Å². The SMILES string of the molecule is COc1cc(CN(C)c2ncc(C)s2)cc(OC)c1. The van der Waals surface area contributed by atoms with Gasteiger partial charge in [-0.25, -0.2) is 4.98 Å². The number of ether oxygens (including phenoxy) is 2. The maximum atomic E-state index is 5.28. The Morgan fingerprint density at radius 3 is 2.26 bits per heavy atom. The van der Waals surface area contributed by atoms with Gasteiger partial charge in [0.15, 0.2) is 5.13 Å². The number of methoxy groups -OCH3 is 2. The summed E-state index contributed by atoms with van der Waals surface area (Å²) in [7, 11) is 5.35. The van der Waals surface area contributed by atoms with Crippen LogP contribution in [0.25, 0.3) is 0 Å². The number of aryl methyl sites for hydroxylation is 1. The zero-order valence-corrected chi connectivity index (χ0v) is 12.5. The highest BCUT2D eigenvalue weighted by molar-refractivity contribution is 7.15. The van der Waals surface area contributed by atoms with Gasteiger partial charge in [0.1, 0.15) is 11.5 Å². The van der Waals surface area contributed by atoms with Crippen molar-refractivity contribution in [3.8, 4) is 11.5 Å². The molecule has 0 N–H and O–H groups in total. The van der Waals surface area contributed by atoms with Gasteiger partial charge in [-0.15, -0.1) is 11.3 Å². The monoisotopic (exact) mass is 278 g/mol. The fourth-order valence-electron chi connectivity index (χ4n) is 1.82. The molecular weight excluding hydrogens is 260 g/mol. The number of rotatable bonds is 5. The minimum absolute atomic E-state index is 0.764. The van der Waals surface area contributed by atoms with Gasteiger partial charge in [0.05, 0.1) is 14.2 Å². The Hall–Kier alpha value is -1.75. The predicted octanol–water partition coefficient (Wildman–Crippen LogP) is 3.11. The zero-order valence-electron chi connectivity index (χ0n) is 11.6. The van der Waals surface area contributed by atoms with E-state index in [2.05, 4.69) is 16.8 Å². The molecule has 0 amide bonds. The first-order valence-electron chi connectivity index (χ1n) is 5.98. The van der Waals surface area contributed by atoms with Crippen LogP contribution in [0.1, 0.15) is 10.4 Å². The summed E-state index contributed by atoms with van der Waals surface area (Å²) >= 11 is 1.69. The lowest BCUT2D eigenvalue weighted by atomic mass is 10.2. The minimum atomic E-state index is 0.764. The van der Waals surface area contributed by atoms with Gasteiger partial charge in [0, 0.05) is 30.7 Å². The van der Waals surface area contributed by atoms with Crippen LogP contribution in [0.4, 0.5) is 5.13 Å². The highest BCUT2D eigenvalue weighted by atomic mass is 32.1.